The molecule has 0 aromatic heterocycles. The van der Waals surface area contributed by atoms with Crippen LogP contribution in [0.4, 0.5) is 0 Å². The fourth-order valence-electron chi connectivity index (χ4n) is 1.81. The number of rotatable bonds is 5. The summed E-state index contributed by atoms with van der Waals surface area (Å²) in [7, 11) is 0. The number of hydrazone groups is 1. The number of guanidine groups is 1. The van der Waals surface area contributed by atoms with Gasteiger partial charge in [0.15, 0.2) is 0 Å². The molecule has 0 unspecified atom stereocenters. The summed E-state index contributed by atoms with van der Waals surface area (Å²) >= 11 is 0. The Morgan fingerprint density at radius 1 is 1.50 bits per heavy atom. The predicted octanol–water partition coefficient (Wildman–Crippen LogP) is -0.0278. The summed E-state index contributed by atoms with van der Waals surface area (Å²) in [6, 6.07) is 6.60. The Labute approximate surface area is 116 Å². The predicted molar refractivity (Wildman–Crippen MR) is 75.1 cm³/mol. The third-order valence-electron chi connectivity index (χ3n) is 2.74. The van der Waals surface area contributed by atoms with Crippen molar-refractivity contribution in [3.63, 3.8) is 0 Å². The molecule has 0 spiro atoms. The zero-order valence-electron chi connectivity index (χ0n) is 10.9. The molecule has 0 amide bonds. The molecule has 2 rings (SSSR count). The molecule has 0 radical (unpaired) electrons. The Morgan fingerprint density at radius 2 is 2.30 bits per heavy atom. The largest absolute Gasteiger partial charge is 0.478 e. The summed E-state index contributed by atoms with van der Waals surface area (Å²) in [5.41, 5.74) is 0.683. The number of carboxylic acids is 1. The fraction of sp³-hybridized carbons (Fsp3) is 0.308. The monoisotopic (exact) mass is 276 g/mol. The van der Waals surface area contributed by atoms with Crippen molar-refractivity contribution >= 4 is 18.1 Å². The molecule has 0 saturated heterocycles. The van der Waals surface area contributed by atoms with Crippen LogP contribution < -0.4 is 5.32 Å². The third kappa shape index (κ3) is 3.33. The van der Waals surface area contributed by atoms with Crippen LogP contribution in [0.3, 0.4) is 0 Å². The summed E-state index contributed by atoms with van der Waals surface area (Å²) in [6.07, 6.45) is 1.46. The van der Waals surface area contributed by atoms with Gasteiger partial charge >= 0.3 is 5.97 Å². The molecule has 0 atom stereocenters. The second kappa shape index (κ2) is 6.67. The van der Waals surface area contributed by atoms with Crippen LogP contribution in [-0.4, -0.2) is 59.6 Å². The van der Waals surface area contributed by atoms with E-state index in [4.69, 9.17) is 10.2 Å². The van der Waals surface area contributed by atoms with Gasteiger partial charge in [-0.3, -0.25) is 0 Å². The Morgan fingerprint density at radius 3 is 2.95 bits per heavy atom. The molecule has 1 aromatic rings. The molecule has 7 nitrogen and oxygen atoms in total. The van der Waals surface area contributed by atoms with Gasteiger partial charge in [-0.05, 0) is 6.07 Å². The number of aromatic carboxylic acids is 1. The molecule has 1 aliphatic rings. The number of aliphatic hydroxyl groups excluding tert-OH is 1. The van der Waals surface area contributed by atoms with Gasteiger partial charge in [-0.15, -0.1) is 0 Å². The van der Waals surface area contributed by atoms with Gasteiger partial charge < -0.3 is 15.5 Å². The van der Waals surface area contributed by atoms with Gasteiger partial charge in [0.2, 0.25) is 5.96 Å². The first-order valence-electron chi connectivity index (χ1n) is 6.25. The lowest BCUT2D eigenvalue weighted by molar-refractivity contribution is 0.0696. The lowest BCUT2D eigenvalue weighted by Crippen LogP contribution is -2.36. The van der Waals surface area contributed by atoms with E-state index in [1.165, 1.54) is 17.3 Å². The lowest BCUT2D eigenvalue weighted by atomic mass is 10.1. The summed E-state index contributed by atoms with van der Waals surface area (Å²) in [6.45, 7) is 1.62. The first kappa shape index (κ1) is 14.0. The van der Waals surface area contributed by atoms with Crippen LogP contribution in [0.5, 0.6) is 0 Å². The Bertz CT molecular complexity index is 542. The van der Waals surface area contributed by atoms with Crippen LogP contribution >= 0.6 is 0 Å². The second-order valence-electron chi connectivity index (χ2n) is 4.12. The Kier molecular flexibility index (Phi) is 4.67. The molecule has 1 heterocycles. The maximum Gasteiger partial charge on any atom is 0.336 e. The van der Waals surface area contributed by atoms with Crippen molar-refractivity contribution in [2.45, 2.75) is 0 Å². The molecule has 0 fully saturated rings. The van der Waals surface area contributed by atoms with Crippen LogP contribution in [0.1, 0.15) is 15.9 Å². The molecule has 106 valence electrons. The molecule has 1 aromatic carbocycles. The zero-order chi connectivity index (χ0) is 14.4. The Hall–Kier alpha value is -2.41. The molecule has 20 heavy (non-hydrogen) atoms. The van der Waals surface area contributed by atoms with Gasteiger partial charge in [0.25, 0.3) is 0 Å². The van der Waals surface area contributed by atoms with Crippen molar-refractivity contribution in [1.29, 1.82) is 0 Å². The van der Waals surface area contributed by atoms with Crippen LogP contribution in [0.25, 0.3) is 0 Å². The van der Waals surface area contributed by atoms with Crippen molar-refractivity contribution in [2.24, 2.45) is 10.1 Å². The number of hydrogen-bond donors (Lipinski definition) is 3. The van der Waals surface area contributed by atoms with Gasteiger partial charge in [0, 0.05) is 12.1 Å². The van der Waals surface area contributed by atoms with Gasteiger partial charge in [-0.2, -0.15) is 5.10 Å². The van der Waals surface area contributed by atoms with E-state index in [0.29, 0.717) is 18.1 Å². The van der Waals surface area contributed by atoms with E-state index in [1.54, 1.807) is 18.2 Å². The van der Waals surface area contributed by atoms with Gasteiger partial charge in [0.1, 0.15) is 0 Å². The van der Waals surface area contributed by atoms with E-state index in [2.05, 4.69) is 15.4 Å². The summed E-state index contributed by atoms with van der Waals surface area (Å²) in [4.78, 5) is 15.3. The van der Waals surface area contributed by atoms with Crippen molar-refractivity contribution in [3.8, 4) is 0 Å². The normalized spacial score (nSPS) is 14.2. The standard InChI is InChI=1S/C13H16N4O3/c18-8-7-17(13-14-5-6-15-13)16-9-10-3-1-2-4-11(10)12(19)20/h1-4,9,18H,5-8H2,(H,14,15)(H,19,20)/b16-9-. The SMILES string of the molecule is O=C(O)c1ccccc1/C=N\N(CCO)C1=NCCN1. The lowest BCUT2D eigenvalue weighted by Gasteiger charge is -2.17. The van der Waals surface area contributed by atoms with E-state index >= 15 is 0 Å². The minimum absolute atomic E-state index is 0.0708. The van der Waals surface area contributed by atoms with E-state index < -0.39 is 5.97 Å². The summed E-state index contributed by atoms with van der Waals surface area (Å²) in [5.74, 6) is -0.416. The maximum atomic E-state index is 11.1. The summed E-state index contributed by atoms with van der Waals surface area (Å²) < 4.78 is 0. The van der Waals surface area contributed by atoms with E-state index in [1.807, 2.05) is 0 Å². The van der Waals surface area contributed by atoms with E-state index in [9.17, 15) is 4.79 Å². The zero-order valence-corrected chi connectivity index (χ0v) is 10.9. The smallest absolute Gasteiger partial charge is 0.336 e. The number of nitrogens with one attached hydrogen (secondary N) is 1. The van der Waals surface area contributed by atoms with Crippen LogP contribution in [0.2, 0.25) is 0 Å². The number of carbonyl (C=O) groups is 1. The van der Waals surface area contributed by atoms with E-state index in [0.717, 1.165) is 6.54 Å². The average molecular weight is 276 g/mol. The molecule has 1 aliphatic heterocycles. The molecular formula is C13H16N4O3. The molecular weight excluding hydrogens is 260 g/mol. The third-order valence-corrected chi connectivity index (χ3v) is 2.74. The quantitative estimate of drug-likeness (QED) is 0.518. The number of aliphatic imine (C=N–C) groups is 1. The number of hydrogen-bond acceptors (Lipinski definition) is 6. The Balaban J connectivity index is 2.19. The first-order chi connectivity index (χ1) is 9.72. The minimum Gasteiger partial charge on any atom is -0.478 e. The summed E-state index contributed by atoms with van der Waals surface area (Å²) in [5, 5.41) is 26.9. The van der Waals surface area contributed by atoms with Crippen LogP contribution in [-0.2, 0) is 0 Å². The van der Waals surface area contributed by atoms with Gasteiger partial charge in [0.05, 0.1) is 31.5 Å². The number of nitrogens with zero attached hydrogens (tertiary/aromatic N) is 3. The fourth-order valence-corrected chi connectivity index (χ4v) is 1.81. The highest BCUT2D eigenvalue weighted by Crippen LogP contribution is 2.07. The van der Waals surface area contributed by atoms with Crippen molar-refractivity contribution < 1.29 is 15.0 Å². The van der Waals surface area contributed by atoms with Crippen LogP contribution in [0, 0.1) is 0 Å². The topological polar surface area (TPSA) is 97.5 Å². The van der Waals surface area contributed by atoms with Crippen molar-refractivity contribution in [2.75, 3.05) is 26.2 Å². The van der Waals surface area contributed by atoms with Crippen LogP contribution in [0.15, 0.2) is 34.4 Å². The molecule has 0 bridgehead atoms. The first-order valence-corrected chi connectivity index (χ1v) is 6.25. The number of benzene rings is 1. The highest BCUT2D eigenvalue weighted by Gasteiger charge is 2.13. The molecule has 0 saturated carbocycles. The number of carboxylic acid groups (broad SMARTS) is 1. The highest BCUT2D eigenvalue weighted by atomic mass is 16.4. The highest BCUT2D eigenvalue weighted by molar-refractivity contribution is 5.98. The van der Waals surface area contributed by atoms with Crippen molar-refractivity contribution in [1.82, 2.24) is 10.3 Å². The molecule has 0 aliphatic carbocycles. The molecule has 3 N–H and O–H groups in total. The van der Waals surface area contributed by atoms with Crippen molar-refractivity contribution in [3.05, 3.63) is 35.4 Å². The minimum atomic E-state index is -1.00. The van der Waals surface area contributed by atoms with E-state index in [-0.39, 0.29) is 18.7 Å². The average Bonchev–Trinajstić information content (AvgIpc) is 2.97. The molecule has 7 heteroatoms. The second-order valence-corrected chi connectivity index (χ2v) is 4.12. The van der Waals surface area contributed by atoms with Gasteiger partial charge in [-0.25, -0.2) is 14.8 Å². The van der Waals surface area contributed by atoms with Gasteiger partial charge in [-0.1, -0.05) is 18.2 Å². The number of aliphatic hydroxyl groups is 1. The maximum absolute atomic E-state index is 11.1.